The summed E-state index contributed by atoms with van der Waals surface area (Å²) >= 11 is 0. The fourth-order valence-electron chi connectivity index (χ4n) is 1.62. The van der Waals surface area contributed by atoms with Gasteiger partial charge in [-0.3, -0.25) is 20.4 Å². The third kappa shape index (κ3) is 3.79. The average Bonchev–Trinajstić information content (AvgIpc) is 2.90. The molecule has 0 saturated heterocycles. The van der Waals surface area contributed by atoms with E-state index in [1.165, 1.54) is 30.5 Å². The van der Waals surface area contributed by atoms with Crippen LogP contribution in [0, 0.1) is 12.7 Å². The molecule has 0 radical (unpaired) electrons. The molecule has 5 nitrogen and oxygen atoms in total. The number of furan rings is 1. The van der Waals surface area contributed by atoms with Crippen LogP contribution in [0.5, 0.6) is 0 Å². The van der Waals surface area contributed by atoms with Crippen LogP contribution in [0.1, 0.15) is 21.7 Å². The quantitative estimate of drug-likeness (QED) is 0.672. The molecule has 2 aromatic rings. The van der Waals surface area contributed by atoms with Crippen LogP contribution in [0.2, 0.25) is 0 Å². The van der Waals surface area contributed by atoms with Gasteiger partial charge in [-0.15, -0.1) is 0 Å². The van der Waals surface area contributed by atoms with Gasteiger partial charge in [0.25, 0.3) is 11.8 Å². The zero-order valence-electron chi connectivity index (χ0n) is 11.2. The maximum atomic E-state index is 13.3. The van der Waals surface area contributed by atoms with Gasteiger partial charge in [-0.1, -0.05) is 18.2 Å². The third-order valence-corrected chi connectivity index (χ3v) is 2.72. The predicted molar refractivity (Wildman–Crippen MR) is 74.5 cm³/mol. The minimum Gasteiger partial charge on any atom is -0.469 e. The van der Waals surface area contributed by atoms with E-state index in [2.05, 4.69) is 10.9 Å². The molecule has 0 aliphatic carbocycles. The van der Waals surface area contributed by atoms with Crippen LogP contribution in [0.25, 0.3) is 6.08 Å². The Hall–Kier alpha value is -2.89. The standard InChI is InChI=1S/C15H13FN2O3/c1-10-12(8-9-21-10)15(20)18-17-14(19)7-6-11-4-2-3-5-13(11)16/h2-9H,1H3,(H,17,19)(H,18,20)/b7-6+. The number of hydrogen-bond acceptors (Lipinski definition) is 3. The Labute approximate surface area is 120 Å². The minimum atomic E-state index is -0.576. The van der Waals surface area contributed by atoms with Gasteiger partial charge in [-0.2, -0.15) is 0 Å². The summed E-state index contributed by atoms with van der Waals surface area (Å²) in [4.78, 5) is 23.2. The van der Waals surface area contributed by atoms with Crippen LogP contribution in [0.3, 0.4) is 0 Å². The highest BCUT2D eigenvalue weighted by molar-refractivity contribution is 5.98. The lowest BCUT2D eigenvalue weighted by Crippen LogP contribution is -2.40. The SMILES string of the molecule is Cc1occc1C(=O)NNC(=O)/C=C/c1ccccc1F. The summed E-state index contributed by atoms with van der Waals surface area (Å²) in [6, 6.07) is 7.53. The van der Waals surface area contributed by atoms with E-state index in [0.29, 0.717) is 11.3 Å². The summed E-state index contributed by atoms with van der Waals surface area (Å²) in [6.45, 7) is 1.63. The van der Waals surface area contributed by atoms with Gasteiger partial charge in [0, 0.05) is 11.6 Å². The molecule has 0 unspecified atom stereocenters. The average molecular weight is 288 g/mol. The van der Waals surface area contributed by atoms with Gasteiger partial charge in [0.15, 0.2) is 0 Å². The molecule has 0 aliphatic rings. The monoisotopic (exact) mass is 288 g/mol. The number of aryl methyl sites for hydroxylation is 1. The van der Waals surface area contributed by atoms with Crippen LogP contribution in [0.15, 0.2) is 47.1 Å². The molecule has 0 atom stereocenters. The van der Waals surface area contributed by atoms with Crippen molar-refractivity contribution in [2.24, 2.45) is 0 Å². The largest absolute Gasteiger partial charge is 0.469 e. The first-order valence-corrected chi connectivity index (χ1v) is 6.15. The second-order valence-corrected chi connectivity index (χ2v) is 4.19. The summed E-state index contributed by atoms with van der Waals surface area (Å²) in [5.74, 6) is -1.05. The number of hydrogen-bond donors (Lipinski definition) is 2. The molecule has 0 aliphatic heterocycles. The van der Waals surface area contributed by atoms with E-state index in [-0.39, 0.29) is 5.56 Å². The molecule has 21 heavy (non-hydrogen) atoms. The van der Waals surface area contributed by atoms with Crippen molar-refractivity contribution in [3.63, 3.8) is 0 Å². The fraction of sp³-hybridized carbons (Fsp3) is 0.0667. The van der Waals surface area contributed by atoms with Crippen molar-refractivity contribution >= 4 is 17.9 Å². The lowest BCUT2D eigenvalue weighted by molar-refractivity contribution is -0.117. The Morgan fingerprint density at radius 3 is 2.62 bits per heavy atom. The number of carbonyl (C=O) groups excluding carboxylic acids is 2. The Kier molecular flexibility index (Phi) is 4.50. The van der Waals surface area contributed by atoms with Crippen molar-refractivity contribution in [2.45, 2.75) is 6.92 Å². The van der Waals surface area contributed by atoms with Crippen molar-refractivity contribution in [1.82, 2.24) is 10.9 Å². The van der Waals surface area contributed by atoms with E-state index in [1.54, 1.807) is 19.1 Å². The Bertz CT molecular complexity index is 692. The van der Waals surface area contributed by atoms with Crippen LogP contribution in [0.4, 0.5) is 4.39 Å². The van der Waals surface area contributed by atoms with Gasteiger partial charge in [-0.25, -0.2) is 4.39 Å². The van der Waals surface area contributed by atoms with Gasteiger partial charge in [-0.05, 0) is 25.1 Å². The van der Waals surface area contributed by atoms with Crippen molar-refractivity contribution < 1.29 is 18.4 Å². The molecule has 0 spiro atoms. The van der Waals surface area contributed by atoms with E-state index < -0.39 is 17.6 Å². The van der Waals surface area contributed by atoms with E-state index in [9.17, 15) is 14.0 Å². The molecule has 1 aromatic carbocycles. The molecule has 0 saturated carbocycles. The topological polar surface area (TPSA) is 71.3 Å². The number of amides is 2. The Balaban J connectivity index is 1.90. The lowest BCUT2D eigenvalue weighted by Gasteiger charge is -2.04. The number of hydrazine groups is 1. The predicted octanol–water partition coefficient (Wildman–Crippen LogP) is 2.20. The van der Waals surface area contributed by atoms with Gasteiger partial charge in [0.05, 0.1) is 11.8 Å². The summed E-state index contributed by atoms with van der Waals surface area (Å²) in [7, 11) is 0. The fourth-order valence-corrected chi connectivity index (χ4v) is 1.62. The van der Waals surface area contributed by atoms with E-state index in [0.717, 1.165) is 6.08 Å². The van der Waals surface area contributed by atoms with Crippen LogP contribution in [-0.2, 0) is 4.79 Å². The minimum absolute atomic E-state index is 0.282. The van der Waals surface area contributed by atoms with Gasteiger partial charge < -0.3 is 4.42 Å². The number of rotatable bonds is 3. The van der Waals surface area contributed by atoms with Crippen molar-refractivity contribution in [1.29, 1.82) is 0 Å². The molecule has 6 heteroatoms. The third-order valence-electron chi connectivity index (χ3n) is 2.72. The first kappa shape index (κ1) is 14.5. The van der Waals surface area contributed by atoms with E-state index >= 15 is 0 Å². The Morgan fingerprint density at radius 1 is 1.19 bits per heavy atom. The smallest absolute Gasteiger partial charge is 0.273 e. The molecule has 1 heterocycles. The lowest BCUT2D eigenvalue weighted by atomic mass is 10.2. The molecule has 2 amide bonds. The molecule has 2 rings (SSSR count). The highest BCUT2D eigenvalue weighted by Gasteiger charge is 2.11. The Morgan fingerprint density at radius 2 is 1.95 bits per heavy atom. The molecule has 2 N–H and O–H groups in total. The zero-order valence-corrected chi connectivity index (χ0v) is 11.2. The second kappa shape index (κ2) is 6.51. The molecular formula is C15H13FN2O3. The van der Waals surface area contributed by atoms with Gasteiger partial charge >= 0.3 is 0 Å². The first-order chi connectivity index (χ1) is 10.1. The molecule has 0 fully saturated rings. The van der Waals surface area contributed by atoms with Crippen LogP contribution >= 0.6 is 0 Å². The summed E-state index contributed by atoms with van der Waals surface area (Å²) < 4.78 is 18.3. The van der Waals surface area contributed by atoms with Crippen molar-refractivity contribution in [2.75, 3.05) is 0 Å². The maximum absolute atomic E-state index is 13.3. The van der Waals surface area contributed by atoms with Crippen molar-refractivity contribution in [3.8, 4) is 0 Å². The summed E-state index contributed by atoms with van der Waals surface area (Å²) in [5, 5.41) is 0. The normalized spacial score (nSPS) is 10.6. The molecule has 1 aromatic heterocycles. The highest BCUT2D eigenvalue weighted by atomic mass is 19.1. The van der Waals surface area contributed by atoms with E-state index in [1.807, 2.05) is 0 Å². The first-order valence-electron chi connectivity index (χ1n) is 6.15. The van der Waals surface area contributed by atoms with Crippen LogP contribution in [-0.4, -0.2) is 11.8 Å². The van der Waals surface area contributed by atoms with E-state index in [4.69, 9.17) is 4.42 Å². The van der Waals surface area contributed by atoms with Crippen molar-refractivity contribution in [3.05, 3.63) is 65.4 Å². The molecular weight excluding hydrogens is 275 g/mol. The second-order valence-electron chi connectivity index (χ2n) is 4.19. The van der Waals surface area contributed by atoms with Crippen LogP contribution < -0.4 is 10.9 Å². The number of nitrogens with one attached hydrogen (secondary N) is 2. The molecule has 0 bridgehead atoms. The highest BCUT2D eigenvalue weighted by Crippen LogP contribution is 2.08. The number of benzene rings is 1. The summed E-state index contributed by atoms with van der Waals surface area (Å²) in [6.07, 6.45) is 3.82. The maximum Gasteiger partial charge on any atom is 0.273 e. The van der Waals surface area contributed by atoms with Gasteiger partial charge in [0.1, 0.15) is 11.6 Å². The summed E-state index contributed by atoms with van der Waals surface area (Å²) in [5.41, 5.74) is 5.04. The molecule has 108 valence electrons. The number of halogens is 1. The van der Waals surface area contributed by atoms with Gasteiger partial charge in [0.2, 0.25) is 0 Å². The zero-order chi connectivity index (χ0) is 15.2. The number of carbonyl (C=O) groups is 2.